The highest BCUT2D eigenvalue weighted by molar-refractivity contribution is 5.68. The van der Waals surface area contributed by atoms with Gasteiger partial charge in [-0.15, -0.1) is 0 Å². The van der Waals surface area contributed by atoms with Crippen LogP contribution in [0.3, 0.4) is 0 Å². The van der Waals surface area contributed by atoms with E-state index in [1.807, 2.05) is 0 Å². The van der Waals surface area contributed by atoms with Crippen molar-refractivity contribution in [3.8, 4) is 0 Å². The highest BCUT2D eigenvalue weighted by Gasteiger charge is 1.85. The monoisotopic (exact) mass is 110 g/mol. The topological polar surface area (TPSA) is 37.3 Å². The van der Waals surface area contributed by atoms with Gasteiger partial charge in [0, 0.05) is 0 Å². The molecule has 0 saturated carbocycles. The van der Waals surface area contributed by atoms with Crippen LogP contribution in [0.15, 0.2) is 24.1 Å². The number of hydrogen-bond acceptors (Lipinski definition) is 1. The number of rotatable bonds is 2. The minimum Gasteiger partial charge on any atom is -0.481 e. The van der Waals surface area contributed by atoms with E-state index in [9.17, 15) is 4.79 Å². The molecule has 1 N–H and O–H groups in total. The highest BCUT2D eigenvalue weighted by atomic mass is 16.4. The zero-order valence-corrected chi connectivity index (χ0v) is 4.35. The van der Waals surface area contributed by atoms with Crippen molar-refractivity contribution in [2.45, 2.75) is 6.42 Å². The van der Waals surface area contributed by atoms with E-state index in [-0.39, 0.29) is 6.42 Å². The number of carboxylic acid groups (broad SMARTS) is 1. The average molecular weight is 110 g/mol. The van der Waals surface area contributed by atoms with Crippen LogP contribution in [-0.2, 0) is 4.79 Å². The minimum atomic E-state index is -0.868. The lowest BCUT2D eigenvalue weighted by molar-refractivity contribution is -0.135. The zero-order valence-electron chi connectivity index (χ0n) is 4.35. The van der Waals surface area contributed by atoms with Crippen molar-refractivity contribution < 1.29 is 9.90 Å². The largest absolute Gasteiger partial charge is 0.481 e. The van der Waals surface area contributed by atoms with E-state index in [4.69, 9.17) is 5.11 Å². The molecule has 2 nitrogen and oxygen atoms in total. The van der Waals surface area contributed by atoms with Gasteiger partial charge in [0.1, 0.15) is 0 Å². The summed E-state index contributed by atoms with van der Waals surface area (Å²) in [7, 11) is 0. The van der Waals surface area contributed by atoms with Crippen molar-refractivity contribution in [1.29, 1.82) is 0 Å². The summed E-state index contributed by atoms with van der Waals surface area (Å²) in [6.07, 6.45) is 1.35. The van der Waals surface area contributed by atoms with Gasteiger partial charge in [0.25, 0.3) is 0 Å². The van der Waals surface area contributed by atoms with Crippen molar-refractivity contribution in [2.24, 2.45) is 0 Å². The van der Waals surface area contributed by atoms with Gasteiger partial charge in [0.2, 0.25) is 0 Å². The molecule has 0 aliphatic rings. The molecule has 0 aliphatic carbocycles. The first-order chi connectivity index (χ1) is 3.77. The molecule has 2 heteroatoms. The molecule has 42 valence electrons. The quantitative estimate of drug-likeness (QED) is 0.537. The average Bonchev–Trinajstić information content (AvgIpc) is 1.66. The molecule has 0 amide bonds. The molecule has 0 fully saturated rings. The van der Waals surface area contributed by atoms with Crippen LogP contribution in [0.1, 0.15) is 6.42 Å². The van der Waals surface area contributed by atoms with E-state index < -0.39 is 5.97 Å². The Morgan fingerprint density at radius 3 is 2.88 bits per heavy atom. The van der Waals surface area contributed by atoms with E-state index in [1.165, 1.54) is 6.08 Å². The third kappa shape index (κ3) is 4.77. The molecule has 8 heavy (non-hydrogen) atoms. The van der Waals surface area contributed by atoms with Gasteiger partial charge in [-0.25, -0.2) is 0 Å². The molecule has 0 heterocycles. The Kier molecular flexibility index (Phi) is 3.34. The van der Waals surface area contributed by atoms with Crippen LogP contribution in [0.25, 0.3) is 0 Å². The summed E-state index contributed by atoms with van der Waals surface area (Å²) in [4.78, 5) is 9.75. The first kappa shape index (κ1) is 6.77. The summed E-state index contributed by atoms with van der Waals surface area (Å²) in [5, 5.41) is 8.02. The van der Waals surface area contributed by atoms with Gasteiger partial charge < -0.3 is 5.11 Å². The standard InChI is InChI=1S/C6H6O2/c1-2-3-4-5-6(7)8/h4H,1,5H2,(H,7,8). The Balaban J connectivity index is 3.61. The second-order valence-electron chi connectivity index (χ2n) is 1.12. The van der Waals surface area contributed by atoms with Crippen molar-refractivity contribution in [2.75, 3.05) is 0 Å². The first-order valence-corrected chi connectivity index (χ1v) is 2.08. The lowest BCUT2D eigenvalue weighted by atomic mass is 10.4. The Morgan fingerprint density at radius 1 is 1.88 bits per heavy atom. The first-order valence-electron chi connectivity index (χ1n) is 2.08. The van der Waals surface area contributed by atoms with Gasteiger partial charge in [-0.1, -0.05) is 11.5 Å². The van der Waals surface area contributed by atoms with Crippen LogP contribution in [0, 0.1) is 0 Å². The van der Waals surface area contributed by atoms with Gasteiger partial charge in [0.05, 0.1) is 6.42 Å². The van der Waals surface area contributed by atoms with E-state index in [0.29, 0.717) is 0 Å². The summed E-state index contributed by atoms with van der Waals surface area (Å²) in [5.41, 5.74) is 4.72. The van der Waals surface area contributed by atoms with Crippen molar-refractivity contribution >= 4 is 5.97 Å². The van der Waals surface area contributed by atoms with Crippen molar-refractivity contribution in [1.82, 2.24) is 0 Å². The number of hydrogen-bond donors (Lipinski definition) is 1. The van der Waals surface area contributed by atoms with Gasteiger partial charge in [-0.05, 0) is 12.7 Å². The molecule has 0 aliphatic heterocycles. The Labute approximate surface area is 47.5 Å². The molecule has 0 aromatic heterocycles. The van der Waals surface area contributed by atoms with Crippen molar-refractivity contribution in [3.63, 3.8) is 0 Å². The summed E-state index contributed by atoms with van der Waals surface area (Å²) >= 11 is 0. The lowest BCUT2D eigenvalue weighted by Gasteiger charge is -1.75. The Morgan fingerprint density at radius 2 is 2.50 bits per heavy atom. The second-order valence-corrected chi connectivity index (χ2v) is 1.12. The molecule has 0 aromatic carbocycles. The van der Waals surface area contributed by atoms with Gasteiger partial charge in [0.15, 0.2) is 0 Å². The van der Waals surface area contributed by atoms with Gasteiger partial charge in [-0.3, -0.25) is 4.79 Å². The number of carbonyl (C=O) groups is 1. The third-order valence-corrected chi connectivity index (χ3v) is 0.481. The molecule has 0 bridgehead atoms. The Bertz CT molecular complexity index is 157. The molecule has 0 spiro atoms. The predicted octanol–water partition coefficient (Wildman–Crippen LogP) is 0.957. The third-order valence-electron chi connectivity index (χ3n) is 0.481. The van der Waals surface area contributed by atoms with Crippen LogP contribution < -0.4 is 0 Å². The zero-order chi connectivity index (χ0) is 6.41. The van der Waals surface area contributed by atoms with Crippen LogP contribution in [-0.4, -0.2) is 11.1 Å². The second kappa shape index (κ2) is 3.94. The van der Waals surface area contributed by atoms with Crippen LogP contribution >= 0.6 is 0 Å². The van der Waals surface area contributed by atoms with Crippen molar-refractivity contribution in [3.05, 3.63) is 24.1 Å². The molecule has 0 saturated heterocycles. The highest BCUT2D eigenvalue weighted by Crippen LogP contribution is 1.76. The fourth-order valence-electron chi connectivity index (χ4n) is 0.211. The predicted molar refractivity (Wildman–Crippen MR) is 29.5 cm³/mol. The van der Waals surface area contributed by atoms with Crippen LogP contribution in [0.5, 0.6) is 0 Å². The fourth-order valence-corrected chi connectivity index (χ4v) is 0.211. The fraction of sp³-hybridized carbons (Fsp3) is 0.167. The smallest absolute Gasteiger partial charge is 0.307 e. The van der Waals surface area contributed by atoms with E-state index in [2.05, 4.69) is 18.0 Å². The molecular weight excluding hydrogens is 104 g/mol. The summed E-state index contributed by atoms with van der Waals surface area (Å²) in [6.45, 7) is 3.20. The molecule has 0 aromatic rings. The van der Waals surface area contributed by atoms with E-state index in [1.54, 1.807) is 0 Å². The summed E-state index contributed by atoms with van der Waals surface area (Å²) in [5.74, 6) is -0.868. The maximum Gasteiger partial charge on any atom is 0.307 e. The molecule has 0 radical (unpaired) electrons. The summed E-state index contributed by atoms with van der Waals surface area (Å²) < 4.78 is 0. The Hall–Kier alpha value is -1.23. The van der Waals surface area contributed by atoms with Gasteiger partial charge in [-0.2, -0.15) is 0 Å². The van der Waals surface area contributed by atoms with E-state index >= 15 is 0 Å². The molecule has 0 unspecified atom stereocenters. The lowest BCUT2D eigenvalue weighted by Crippen LogP contribution is -1.88. The number of carboxylic acids is 1. The minimum absolute atomic E-state index is 0.0114. The number of aliphatic carboxylic acids is 1. The normalized spacial score (nSPS) is 6.50. The maximum atomic E-state index is 9.75. The molecule has 0 rings (SSSR count). The van der Waals surface area contributed by atoms with Crippen LogP contribution in [0.2, 0.25) is 0 Å². The maximum absolute atomic E-state index is 9.75. The summed E-state index contributed by atoms with van der Waals surface area (Å²) in [6, 6.07) is 0. The van der Waals surface area contributed by atoms with Crippen LogP contribution in [0.4, 0.5) is 0 Å². The molecular formula is C6H6O2. The van der Waals surface area contributed by atoms with E-state index in [0.717, 1.165) is 0 Å². The van der Waals surface area contributed by atoms with Gasteiger partial charge >= 0.3 is 5.97 Å². The SMILES string of the molecule is C=C=C=CCC(=O)O. The molecule has 0 atom stereocenters.